The van der Waals surface area contributed by atoms with Crippen LogP contribution in [0.5, 0.6) is 5.75 Å². The van der Waals surface area contributed by atoms with Crippen LogP contribution in [-0.4, -0.2) is 38.2 Å². The first-order valence-corrected chi connectivity index (χ1v) is 8.69. The molecule has 1 saturated heterocycles. The number of rotatable bonds is 5. The molecule has 0 bridgehead atoms. The van der Waals surface area contributed by atoms with Crippen LogP contribution in [-0.2, 0) is 4.74 Å². The van der Waals surface area contributed by atoms with Crippen molar-refractivity contribution in [2.75, 3.05) is 25.6 Å². The van der Waals surface area contributed by atoms with Crippen molar-refractivity contribution in [3.8, 4) is 5.75 Å². The van der Waals surface area contributed by atoms with Gasteiger partial charge in [0.2, 0.25) is 5.96 Å². The smallest absolute Gasteiger partial charge is 0.257 e. The molecule has 1 heterocycles. The number of aliphatic imine (C=N–C) groups is 1. The third-order valence-electron chi connectivity index (χ3n) is 4.10. The Bertz CT molecular complexity index is 756. The number of nitrogens with zero attached hydrogens (tertiary/aromatic N) is 1. The van der Waals surface area contributed by atoms with Gasteiger partial charge in [-0.3, -0.25) is 10.1 Å². The molecular weight excluding hydrogens is 330 g/mol. The van der Waals surface area contributed by atoms with E-state index in [0.717, 1.165) is 25.1 Å². The average molecular weight is 353 g/mol. The third-order valence-corrected chi connectivity index (χ3v) is 4.10. The lowest BCUT2D eigenvalue weighted by atomic mass is 10.2. The molecule has 26 heavy (non-hydrogen) atoms. The lowest BCUT2D eigenvalue weighted by molar-refractivity contribution is 0.0975. The fourth-order valence-corrected chi connectivity index (χ4v) is 2.74. The van der Waals surface area contributed by atoms with Crippen molar-refractivity contribution in [2.45, 2.75) is 18.9 Å². The molecule has 2 aromatic carbocycles. The summed E-state index contributed by atoms with van der Waals surface area (Å²) in [6.45, 7) is 1.26. The Labute approximate surface area is 153 Å². The Hall–Kier alpha value is -2.86. The van der Waals surface area contributed by atoms with Gasteiger partial charge in [0.25, 0.3) is 5.91 Å². The minimum absolute atomic E-state index is 0.0955. The Morgan fingerprint density at radius 2 is 1.96 bits per heavy atom. The molecule has 6 heteroatoms. The molecule has 6 nitrogen and oxygen atoms in total. The lowest BCUT2D eigenvalue weighted by Gasteiger charge is -2.15. The number of guanidine groups is 1. The second kappa shape index (κ2) is 9.01. The average Bonchev–Trinajstić information content (AvgIpc) is 3.21. The summed E-state index contributed by atoms with van der Waals surface area (Å²) in [6, 6.07) is 16.5. The highest BCUT2D eigenvalue weighted by molar-refractivity contribution is 6.10. The van der Waals surface area contributed by atoms with Crippen molar-refractivity contribution < 1.29 is 14.3 Å². The Morgan fingerprint density at radius 3 is 2.69 bits per heavy atom. The van der Waals surface area contributed by atoms with E-state index in [9.17, 15) is 4.79 Å². The fraction of sp³-hybridized carbons (Fsp3) is 0.300. The number of amides is 1. The molecule has 2 aromatic rings. The van der Waals surface area contributed by atoms with Crippen LogP contribution in [0.1, 0.15) is 23.2 Å². The number of ether oxygens (including phenoxy) is 2. The summed E-state index contributed by atoms with van der Waals surface area (Å²) in [7, 11) is 1.60. The molecule has 0 radical (unpaired) electrons. The fourth-order valence-electron chi connectivity index (χ4n) is 2.74. The van der Waals surface area contributed by atoms with Crippen molar-refractivity contribution in [3.05, 3.63) is 60.2 Å². The first-order chi connectivity index (χ1) is 12.8. The summed E-state index contributed by atoms with van der Waals surface area (Å²) in [4.78, 5) is 17.0. The molecule has 1 aliphatic rings. The highest BCUT2D eigenvalue weighted by Crippen LogP contribution is 2.23. The quantitative estimate of drug-likeness (QED) is 0.640. The molecule has 136 valence electrons. The molecule has 3 rings (SSSR count). The van der Waals surface area contributed by atoms with Crippen molar-refractivity contribution in [2.24, 2.45) is 4.99 Å². The molecule has 1 fully saturated rings. The summed E-state index contributed by atoms with van der Waals surface area (Å²) in [6.07, 6.45) is 2.13. The van der Waals surface area contributed by atoms with E-state index in [-0.39, 0.29) is 12.0 Å². The van der Waals surface area contributed by atoms with Crippen molar-refractivity contribution in [1.29, 1.82) is 0 Å². The maximum Gasteiger partial charge on any atom is 0.257 e. The number of hydrogen-bond acceptors (Lipinski definition) is 4. The van der Waals surface area contributed by atoms with Crippen LogP contribution in [0.15, 0.2) is 59.6 Å². The van der Waals surface area contributed by atoms with E-state index in [1.807, 2.05) is 42.5 Å². The second-order valence-electron chi connectivity index (χ2n) is 5.97. The van der Waals surface area contributed by atoms with E-state index < -0.39 is 0 Å². The highest BCUT2D eigenvalue weighted by atomic mass is 16.5. The van der Waals surface area contributed by atoms with E-state index in [1.165, 1.54) is 0 Å². The van der Waals surface area contributed by atoms with E-state index in [4.69, 9.17) is 9.47 Å². The molecule has 0 aromatic heterocycles. The maximum atomic E-state index is 12.5. The molecular formula is C20H23N3O3. The van der Waals surface area contributed by atoms with Crippen LogP contribution in [0, 0.1) is 0 Å². The minimum Gasteiger partial charge on any atom is -0.495 e. The van der Waals surface area contributed by atoms with Crippen LogP contribution in [0.25, 0.3) is 0 Å². The molecule has 0 aliphatic carbocycles. The summed E-state index contributed by atoms with van der Waals surface area (Å²) in [5, 5.41) is 6.01. The Balaban J connectivity index is 1.76. The number of benzene rings is 2. The van der Waals surface area contributed by atoms with Gasteiger partial charge in [-0.1, -0.05) is 30.3 Å². The van der Waals surface area contributed by atoms with Gasteiger partial charge in [-0.05, 0) is 37.1 Å². The van der Waals surface area contributed by atoms with E-state index in [0.29, 0.717) is 23.8 Å². The van der Waals surface area contributed by atoms with Gasteiger partial charge in [-0.25, -0.2) is 4.99 Å². The van der Waals surface area contributed by atoms with Crippen LogP contribution in [0.3, 0.4) is 0 Å². The summed E-state index contributed by atoms with van der Waals surface area (Å²) in [5.41, 5.74) is 1.30. The number of nitrogens with one attached hydrogen (secondary N) is 2. The van der Waals surface area contributed by atoms with Gasteiger partial charge in [-0.15, -0.1) is 0 Å². The van der Waals surface area contributed by atoms with Crippen LogP contribution in [0.2, 0.25) is 0 Å². The second-order valence-corrected chi connectivity index (χ2v) is 5.97. The van der Waals surface area contributed by atoms with Crippen LogP contribution < -0.4 is 15.4 Å². The summed E-state index contributed by atoms with van der Waals surface area (Å²) in [5.74, 6) is 0.823. The number of methoxy groups -OCH3 is 1. The van der Waals surface area contributed by atoms with Gasteiger partial charge in [0.15, 0.2) is 0 Å². The molecule has 1 atom stereocenters. The van der Waals surface area contributed by atoms with Crippen LogP contribution >= 0.6 is 0 Å². The van der Waals surface area contributed by atoms with Crippen LogP contribution in [0.4, 0.5) is 5.69 Å². The summed E-state index contributed by atoms with van der Waals surface area (Å²) < 4.78 is 11.0. The predicted octanol–water partition coefficient (Wildman–Crippen LogP) is 3.07. The van der Waals surface area contributed by atoms with Gasteiger partial charge >= 0.3 is 0 Å². The SMILES string of the molecule is COc1ccccc1NC(=NCC1CCCO1)NC(=O)c1ccccc1. The third kappa shape index (κ3) is 4.83. The zero-order valence-corrected chi connectivity index (χ0v) is 14.8. The Morgan fingerprint density at radius 1 is 1.19 bits per heavy atom. The van der Waals surface area contributed by atoms with Gasteiger partial charge < -0.3 is 14.8 Å². The number of hydrogen-bond donors (Lipinski definition) is 2. The number of carbonyl (C=O) groups excluding carboxylic acids is 1. The normalized spacial score (nSPS) is 17.0. The molecule has 2 N–H and O–H groups in total. The van der Waals surface area contributed by atoms with E-state index >= 15 is 0 Å². The number of para-hydroxylation sites is 2. The lowest BCUT2D eigenvalue weighted by Crippen LogP contribution is -2.36. The van der Waals surface area contributed by atoms with Gasteiger partial charge in [0.05, 0.1) is 25.4 Å². The van der Waals surface area contributed by atoms with E-state index in [1.54, 1.807) is 19.2 Å². The topological polar surface area (TPSA) is 71.9 Å². The minimum atomic E-state index is -0.223. The van der Waals surface area contributed by atoms with Gasteiger partial charge in [0, 0.05) is 12.2 Å². The maximum absolute atomic E-state index is 12.5. The standard InChI is InChI=1S/C20H23N3O3/c1-25-18-12-6-5-11-17(18)22-20(21-14-16-10-7-13-26-16)23-19(24)15-8-3-2-4-9-15/h2-6,8-9,11-12,16H,7,10,13-14H2,1H3,(H2,21,22,23,24). The van der Waals surface area contributed by atoms with E-state index in [2.05, 4.69) is 15.6 Å². The zero-order chi connectivity index (χ0) is 18.2. The summed E-state index contributed by atoms with van der Waals surface area (Å²) >= 11 is 0. The molecule has 1 amide bonds. The molecule has 0 saturated carbocycles. The van der Waals surface area contributed by atoms with Gasteiger partial charge in [-0.2, -0.15) is 0 Å². The molecule has 0 spiro atoms. The molecule has 1 unspecified atom stereocenters. The Kier molecular flexibility index (Phi) is 6.22. The van der Waals surface area contributed by atoms with Crippen molar-refractivity contribution in [3.63, 3.8) is 0 Å². The zero-order valence-electron chi connectivity index (χ0n) is 14.8. The van der Waals surface area contributed by atoms with Crippen molar-refractivity contribution in [1.82, 2.24) is 5.32 Å². The number of carbonyl (C=O) groups is 1. The predicted molar refractivity (Wildman–Crippen MR) is 102 cm³/mol. The molecule has 1 aliphatic heterocycles. The first-order valence-electron chi connectivity index (χ1n) is 8.69. The first kappa shape index (κ1) is 17.9. The van der Waals surface area contributed by atoms with Crippen molar-refractivity contribution >= 4 is 17.6 Å². The highest BCUT2D eigenvalue weighted by Gasteiger charge is 2.16. The number of anilines is 1. The van der Waals surface area contributed by atoms with Gasteiger partial charge in [0.1, 0.15) is 5.75 Å². The monoisotopic (exact) mass is 353 g/mol. The largest absolute Gasteiger partial charge is 0.495 e.